The third-order valence-electron chi connectivity index (χ3n) is 6.53. The van der Waals surface area contributed by atoms with Gasteiger partial charge in [0.2, 0.25) is 11.9 Å². The summed E-state index contributed by atoms with van der Waals surface area (Å²) in [5.74, 6) is 1.34. The number of piperazine rings is 1. The van der Waals surface area contributed by atoms with E-state index in [1.165, 1.54) is 5.69 Å². The van der Waals surface area contributed by atoms with Crippen molar-refractivity contribution in [3.63, 3.8) is 0 Å². The molecule has 3 aliphatic heterocycles. The number of aliphatic imine (C=N–C) groups is 1. The Kier molecular flexibility index (Phi) is 5.50. The molecule has 35 heavy (non-hydrogen) atoms. The lowest BCUT2D eigenvalue weighted by Gasteiger charge is -2.34. The number of likely N-dealkylation sites (N-methyl/N-ethyl adjacent to an activating group) is 1. The molecule has 0 radical (unpaired) electrons. The summed E-state index contributed by atoms with van der Waals surface area (Å²) >= 11 is 6.18. The Morgan fingerprint density at radius 3 is 2.54 bits per heavy atom. The molecule has 0 atom stereocenters. The first-order valence-electron chi connectivity index (χ1n) is 11.7. The number of aromatic nitrogens is 2. The van der Waals surface area contributed by atoms with E-state index in [4.69, 9.17) is 16.6 Å². The van der Waals surface area contributed by atoms with Crippen molar-refractivity contribution in [2.75, 3.05) is 66.3 Å². The molecular weight excluding hydrogens is 464 g/mol. The number of nitrogens with one attached hydrogen (secondary N) is 1. The molecule has 0 aliphatic carbocycles. The summed E-state index contributed by atoms with van der Waals surface area (Å²) in [6.45, 7) is 5.41. The average molecular weight is 489 g/mol. The molecule has 0 spiro atoms. The van der Waals surface area contributed by atoms with Gasteiger partial charge in [-0.25, -0.2) is 9.88 Å². The van der Waals surface area contributed by atoms with Gasteiger partial charge in [0.1, 0.15) is 5.56 Å². The fourth-order valence-electron chi connectivity index (χ4n) is 4.63. The van der Waals surface area contributed by atoms with E-state index in [0.717, 1.165) is 31.9 Å². The van der Waals surface area contributed by atoms with Crippen LogP contribution in [-0.2, 0) is 0 Å². The molecule has 10 heteroatoms. The van der Waals surface area contributed by atoms with Crippen LogP contribution in [0.25, 0.3) is 0 Å². The normalized spacial score (nSPS) is 17.8. The number of amides is 1. The lowest BCUT2D eigenvalue weighted by molar-refractivity contribution is 0.1000. The van der Waals surface area contributed by atoms with E-state index in [2.05, 4.69) is 44.3 Å². The second-order valence-electron chi connectivity index (χ2n) is 8.85. The third kappa shape index (κ3) is 4.06. The lowest BCUT2D eigenvalue weighted by atomic mass is 10.1. The molecular formula is C25H25ClN8O. The van der Waals surface area contributed by atoms with Crippen LogP contribution in [0.15, 0.2) is 59.7 Å². The van der Waals surface area contributed by atoms with E-state index in [-0.39, 0.29) is 5.91 Å². The summed E-state index contributed by atoms with van der Waals surface area (Å²) in [5.41, 5.74) is 3.20. The maximum atomic E-state index is 13.4. The molecule has 178 valence electrons. The second-order valence-corrected chi connectivity index (χ2v) is 9.28. The van der Waals surface area contributed by atoms with Crippen molar-refractivity contribution in [1.82, 2.24) is 14.9 Å². The Balaban J connectivity index is 1.25. The van der Waals surface area contributed by atoms with Gasteiger partial charge < -0.3 is 15.1 Å². The average Bonchev–Trinajstić information content (AvgIpc) is 3.35. The van der Waals surface area contributed by atoms with Crippen LogP contribution in [0.1, 0.15) is 10.4 Å². The summed E-state index contributed by atoms with van der Waals surface area (Å²) in [4.78, 5) is 35.4. The van der Waals surface area contributed by atoms with Gasteiger partial charge in [0.15, 0.2) is 5.82 Å². The Labute approximate surface area is 208 Å². The number of guanidine groups is 1. The van der Waals surface area contributed by atoms with Crippen molar-refractivity contribution in [3.05, 3.63) is 65.3 Å². The molecule has 1 fully saturated rings. The van der Waals surface area contributed by atoms with E-state index in [9.17, 15) is 4.79 Å². The standard InChI is InChI=1S/C25H25ClN8O/c1-31-11-13-32(14-12-31)19-7-5-18(6-8-19)29-24-28-16-21-22(30-24)33-10-9-27-25(33)34(23(21)35)20-4-2-3-17(26)15-20/h2-8,15-16H,9-14H2,1H3,(H,28,29,30). The Bertz CT molecular complexity index is 1300. The number of halogens is 1. The number of anilines is 5. The highest BCUT2D eigenvalue weighted by Crippen LogP contribution is 2.33. The van der Waals surface area contributed by atoms with E-state index < -0.39 is 0 Å². The number of carbonyl (C=O) groups excluding carboxylic acids is 1. The predicted octanol–water partition coefficient (Wildman–Crippen LogP) is 3.46. The SMILES string of the molecule is CN1CCN(c2ccc(Nc3ncc4c(n3)N3CCN=C3N(c3cccc(Cl)c3)C4=O)cc2)CC1. The summed E-state index contributed by atoms with van der Waals surface area (Å²) in [7, 11) is 2.16. The summed E-state index contributed by atoms with van der Waals surface area (Å²) in [6.07, 6.45) is 1.58. The van der Waals surface area contributed by atoms with Crippen LogP contribution in [0.5, 0.6) is 0 Å². The van der Waals surface area contributed by atoms with Crippen molar-refractivity contribution < 1.29 is 4.79 Å². The molecule has 0 unspecified atom stereocenters. The first kappa shape index (κ1) is 21.8. The van der Waals surface area contributed by atoms with Crippen LogP contribution in [0.2, 0.25) is 5.02 Å². The van der Waals surface area contributed by atoms with E-state index in [1.54, 1.807) is 23.2 Å². The fourth-order valence-corrected chi connectivity index (χ4v) is 4.81. The zero-order valence-electron chi connectivity index (χ0n) is 19.4. The maximum absolute atomic E-state index is 13.4. The topological polar surface area (TPSA) is 80.2 Å². The molecule has 3 aromatic rings. The molecule has 9 nitrogen and oxygen atoms in total. The smallest absolute Gasteiger partial charge is 0.270 e. The molecule has 1 aromatic heterocycles. The quantitative estimate of drug-likeness (QED) is 0.602. The van der Waals surface area contributed by atoms with Crippen molar-refractivity contribution in [3.8, 4) is 0 Å². The minimum Gasteiger partial charge on any atom is -0.369 e. The van der Waals surface area contributed by atoms with Crippen LogP contribution in [0.3, 0.4) is 0 Å². The maximum Gasteiger partial charge on any atom is 0.270 e. The van der Waals surface area contributed by atoms with Gasteiger partial charge >= 0.3 is 0 Å². The van der Waals surface area contributed by atoms with Gasteiger partial charge in [0.05, 0.1) is 12.2 Å². The van der Waals surface area contributed by atoms with E-state index in [1.807, 2.05) is 29.2 Å². The highest BCUT2D eigenvalue weighted by molar-refractivity contribution is 6.33. The minimum absolute atomic E-state index is 0.220. The fraction of sp³-hybridized carbons (Fsp3) is 0.280. The third-order valence-corrected chi connectivity index (χ3v) is 6.77. The number of benzene rings is 2. The second kappa shape index (κ2) is 8.83. The van der Waals surface area contributed by atoms with Gasteiger partial charge in [0, 0.05) is 55.3 Å². The zero-order chi connectivity index (χ0) is 23.9. The molecule has 3 aliphatic rings. The Hall–Kier alpha value is -3.69. The van der Waals surface area contributed by atoms with Gasteiger partial charge in [-0.15, -0.1) is 0 Å². The van der Waals surface area contributed by atoms with Crippen LogP contribution in [0.4, 0.5) is 28.8 Å². The van der Waals surface area contributed by atoms with Crippen LogP contribution >= 0.6 is 11.6 Å². The van der Waals surface area contributed by atoms with Crippen LogP contribution < -0.4 is 20.0 Å². The van der Waals surface area contributed by atoms with Gasteiger partial charge in [-0.1, -0.05) is 17.7 Å². The van der Waals surface area contributed by atoms with E-state index >= 15 is 0 Å². The van der Waals surface area contributed by atoms with Crippen LogP contribution in [-0.4, -0.2) is 73.1 Å². The molecule has 1 saturated heterocycles. The number of rotatable bonds is 4. The van der Waals surface area contributed by atoms with Gasteiger partial charge in [0.25, 0.3) is 5.91 Å². The first-order valence-corrected chi connectivity index (χ1v) is 12.0. The number of hydrogen-bond donors (Lipinski definition) is 1. The largest absolute Gasteiger partial charge is 0.369 e. The Morgan fingerprint density at radius 2 is 1.77 bits per heavy atom. The molecule has 1 N–H and O–H groups in total. The molecule has 0 saturated carbocycles. The minimum atomic E-state index is -0.220. The lowest BCUT2D eigenvalue weighted by Crippen LogP contribution is -2.51. The number of nitrogens with zero attached hydrogens (tertiary/aromatic N) is 7. The zero-order valence-corrected chi connectivity index (χ0v) is 20.1. The molecule has 6 rings (SSSR count). The number of hydrogen-bond acceptors (Lipinski definition) is 8. The summed E-state index contributed by atoms with van der Waals surface area (Å²) < 4.78 is 0. The van der Waals surface area contributed by atoms with Crippen molar-refractivity contribution in [1.29, 1.82) is 0 Å². The highest BCUT2D eigenvalue weighted by atomic mass is 35.5. The predicted molar refractivity (Wildman–Crippen MR) is 139 cm³/mol. The summed E-state index contributed by atoms with van der Waals surface area (Å²) in [6, 6.07) is 15.5. The molecule has 2 aromatic carbocycles. The Morgan fingerprint density at radius 1 is 0.971 bits per heavy atom. The molecule has 4 heterocycles. The van der Waals surface area contributed by atoms with Gasteiger partial charge in [-0.3, -0.25) is 14.7 Å². The van der Waals surface area contributed by atoms with Crippen molar-refractivity contribution in [2.24, 2.45) is 4.99 Å². The molecule has 0 bridgehead atoms. The first-order chi connectivity index (χ1) is 17.1. The number of fused-ring (bicyclic) bond motifs is 3. The molecule has 1 amide bonds. The number of carbonyl (C=O) groups is 1. The van der Waals surface area contributed by atoms with Crippen molar-refractivity contribution in [2.45, 2.75) is 0 Å². The van der Waals surface area contributed by atoms with Crippen molar-refractivity contribution >= 4 is 52.3 Å². The monoisotopic (exact) mass is 488 g/mol. The van der Waals surface area contributed by atoms with Crippen LogP contribution in [0, 0.1) is 0 Å². The highest BCUT2D eigenvalue weighted by Gasteiger charge is 2.39. The van der Waals surface area contributed by atoms with Gasteiger partial charge in [-0.2, -0.15) is 4.98 Å². The van der Waals surface area contributed by atoms with E-state index in [0.29, 0.717) is 47.1 Å². The van der Waals surface area contributed by atoms with Gasteiger partial charge in [-0.05, 0) is 49.5 Å². The summed E-state index contributed by atoms with van der Waals surface area (Å²) in [5, 5.41) is 3.83.